The van der Waals surface area contributed by atoms with Gasteiger partial charge in [0.05, 0.1) is 0 Å². The largest absolute Gasteiger partial charge is 0.300 e. The summed E-state index contributed by atoms with van der Waals surface area (Å²) in [7, 11) is 0. The Kier molecular flexibility index (Phi) is 14.3. The minimum Gasteiger partial charge on any atom is -0.300 e. The highest BCUT2D eigenvalue weighted by Gasteiger charge is 2.11. The Morgan fingerprint density at radius 1 is 0.842 bits per heavy atom. The molecule has 0 aliphatic rings. The lowest BCUT2D eigenvalue weighted by Crippen LogP contribution is -2.12. The number of hydrogen-bond acceptors (Lipinski definition) is 1. The van der Waals surface area contributed by atoms with Crippen LogP contribution < -0.4 is 0 Å². The van der Waals surface area contributed by atoms with E-state index in [2.05, 4.69) is 6.92 Å². The Morgan fingerprint density at radius 2 is 1.26 bits per heavy atom. The Bertz CT molecular complexity index is 203. The monoisotopic (exact) mass is 288 g/mol. The molecule has 19 heavy (non-hydrogen) atoms. The van der Waals surface area contributed by atoms with Crippen LogP contribution in [0.5, 0.6) is 0 Å². The molecule has 1 unspecified atom stereocenters. The maximum atomic E-state index is 11.2. The van der Waals surface area contributed by atoms with Gasteiger partial charge in [-0.05, 0) is 13.3 Å². The SMILES string of the molecule is CCCCCCCCCCCCCC(CCl)C(C)=O. The second kappa shape index (κ2) is 14.4. The number of Topliss-reactive ketones (excluding diaryl/α,β-unsaturated/α-hetero) is 1. The van der Waals surface area contributed by atoms with Crippen molar-refractivity contribution in [2.24, 2.45) is 5.92 Å². The van der Waals surface area contributed by atoms with Gasteiger partial charge in [-0.25, -0.2) is 0 Å². The minimum absolute atomic E-state index is 0.0974. The smallest absolute Gasteiger partial charge is 0.134 e. The number of alkyl halides is 1. The van der Waals surface area contributed by atoms with Gasteiger partial charge in [0, 0.05) is 11.8 Å². The van der Waals surface area contributed by atoms with E-state index in [0.717, 1.165) is 12.8 Å². The van der Waals surface area contributed by atoms with Crippen LogP contribution in [0, 0.1) is 5.92 Å². The molecule has 1 nitrogen and oxygen atoms in total. The molecule has 0 aromatic heterocycles. The van der Waals surface area contributed by atoms with Gasteiger partial charge in [0.25, 0.3) is 0 Å². The van der Waals surface area contributed by atoms with Crippen molar-refractivity contribution in [3.63, 3.8) is 0 Å². The van der Waals surface area contributed by atoms with E-state index in [1.54, 1.807) is 6.92 Å². The van der Waals surface area contributed by atoms with Crippen LogP contribution in [0.3, 0.4) is 0 Å². The van der Waals surface area contributed by atoms with Gasteiger partial charge in [-0.1, -0.05) is 77.6 Å². The quantitative estimate of drug-likeness (QED) is 0.277. The lowest BCUT2D eigenvalue weighted by molar-refractivity contribution is -0.120. The van der Waals surface area contributed by atoms with Crippen LogP contribution in [-0.2, 0) is 4.79 Å². The van der Waals surface area contributed by atoms with Crippen molar-refractivity contribution in [2.75, 3.05) is 5.88 Å². The number of hydrogen-bond donors (Lipinski definition) is 0. The number of ketones is 1. The van der Waals surface area contributed by atoms with Crippen LogP contribution in [0.4, 0.5) is 0 Å². The van der Waals surface area contributed by atoms with Gasteiger partial charge < -0.3 is 0 Å². The summed E-state index contributed by atoms with van der Waals surface area (Å²) in [5.41, 5.74) is 0. The van der Waals surface area contributed by atoms with Gasteiger partial charge in [0.2, 0.25) is 0 Å². The third-order valence-corrected chi connectivity index (χ3v) is 4.29. The summed E-state index contributed by atoms with van der Waals surface area (Å²) in [6, 6.07) is 0. The van der Waals surface area contributed by atoms with Crippen LogP contribution in [0.25, 0.3) is 0 Å². The van der Waals surface area contributed by atoms with Crippen LogP contribution in [0.1, 0.15) is 90.9 Å². The maximum Gasteiger partial charge on any atom is 0.134 e. The number of unbranched alkanes of at least 4 members (excludes halogenated alkanes) is 10. The standard InChI is InChI=1S/C17H33ClO/c1-3-4-5-6-7-8-9-10-11-12-13-14-17(15-18)16(2)19/h17H,3-15H2,1-2H3. The molecule has 0 aliphatic carbocycles. The van der Waals surface area contributed by atoms with Gasteiger partial charge in [-0.15, -0.1) is 11.6 Å². The van der Waals surface area contributed by atoms with E-state index < -0.39 is 0 Å². The molecule has 0 rings (SSSR count). The molecular formula is C17H33ClO. The topological polar surface area (TPSA) is 17.1 Å². The van der Waals surface area contributed by atoms with E-state index in [1.807, 2.05) is 0 Å². The molecule has 2 heteroatoms. The average Bonchev–Trinajstić information content (AvgIpc) is 2.40. The zero-order chi connectivity index (χ0) is 14.3. The van der Waals surface area contributed by atoms with E-state index in [-0.39, 0.29) is 11.7 Å². The molecule has 0 saturated carbocycles. The van der Waals surface area contributed by atoms with Crippen LogP contribution in [-0.4, -0.2) is 11.7 Å². The summed E-state index contributed by atoms with van der Waals surface area (Å²) < 4.78 is 0. The normalized spacial score (nSPS) is 12.6. The predicted octanol–water partition coefficient (Wildman–Crippen LogP) is 6.13. The average molecular weight is 289 g/mol. The number of rotatable bonds is 14. The Hall–Kier alpha value is -0.0400. The summed E-state index contributed by atoms with van der Waals surface area (Å²) >= 11 is 5.78. The number of halogens is 1. The first-order chi connectivity index (χ1) is 9.22. The molecule has 0 radical (unpaired) electrons. The molecule has 0 aliphatic heterocycles. The second-order valence-corrected chi connectivity index (χ2v) is 6.09. The van der Waals surface area contributed by atoms with E-state index >= 15 is 0 Å². The van der Waals surface area contributed by atoms with Crippen molar-refractivity contribution in [1.29, 1.82) is 0 Å². The van der Waals surface area contributed by atoms with Gasteiger partial charge >= 0.3 is 0 Å². The third kappa shape index (κ3) is 12.7. The molecule has 0 heterocycles. The van der Waals surface area contributed by atoms with E-state index in [9.17, 15) is 4.79 Å². The van der Waals surface area contributed by atoms with E-state index in [4.69, 9.17) is 11.6 Å². The molecular weight excluding hydrogens is 256 g/mol. The summed E-state index contributed by atoms with van der Waals surface area (Å²) in [5, 5.41) is 0. The second-order valence-electron chi connectivity index (χ2n) is 5.79. The van der Waals surface area contributed by atoms with Gasteiger partial charge in [0.15, 0.2) is 0 Å². The number of carbonyl (C=O) groups is 1. The first-order valence-corrected chi connectivity index (χ1v) is 8.82. The fourth-order valence-corrected chi connectivity index (χ4v) is 2.82. The molecule has 0 amide bonds. The summed E-state index contributed by atoms with van der Waals surface area (Å²) in [6.07, 6.45) is 15.9. The zero-order valence-electron chi connectivity index (χ0n) is 13.1. The summed E-state index contributed by atoms with van der Waals surface area (Å²) in [6.45, 7) is 3.92. The molecule has 0 bridgehead atoms. The Balaban J connectivity index is 3.16. The highest BCUT2D eigenvalue weighted by molar-refractivity contribution is 6.19. The van der Waals surface area contributed by atoms with Crippen molar-refractivity contribution in [1.82, 2.24) is 0 Å². The highest BCUT2D eigenvalue weighted by atomic mass is 35.5. The predicted molar refractivity (Wildman–Crippen MR) is 86.0 cm³/mol. The fourth-order valence-electron chi connectivity index (χ4n) is 2.44. The molecule has 0 spiro atoms. The molecule has 0 saturated heterocycles. The molecule has 114 valence electrons. The molecule has 1 atom stereocenters. The summed E-state index contributed by atoms with van der Waals surface area (Å²) in [5.74, 6) is 0.843. The van der Waals surface area contributed by atoms with E-state index in [1.165, 1.54) is 64.2 Å². The zero-order valence-corrected chi connectivity index (χ0v) is 13.8. The molecule has 0 N–H and O–H groups in total. The first kappa shape index (κ1) is 19.0. The number of carbonyl (C=O) groups excluding carboxylic acids is 1. The van der Waals surface area contributed by atoms with Crippen molar-refractivity contribution in [3.05, 3.63) is 0 Å². The van der Waals surface area contributed by atoms with Gasteiger partial charge in [-0.2, -0.15) is 0 Å². The van der Waals surface area contributed by atoms with Crippen molar-refractivity contribution in [2.45, 2.75) is 90.9 Å². The maximum absolute atomic E-state index is 11.2. The lowest BCUT2D eigenvalue weighted by atomic mass is 9.98. The lowest BCUT2D eigenvalue weighted by Gasteiger charge is -2.09. The van der Waals surface area contributed by atoms with Crippen molar-refractivity contribution < 1.29 is 4.79 Å². The van der Waals surface area contributed by atoms with Crippen LogP contribution in [0.2, 0.25) is 0 Å². The van der Waals surface area contributed by atoms with Crippen molar-refractivity contribution in [3.8, 4) is 0 Å². The van der Waals surface area contributed by atoms with Crippen molar-refractivity contribution >= 4 is 17.4 Å². The highest BCUT2D eigenvalue weighted by Crippen LogP contribution is 2.15. The minimum atomic E-state index is 0.0974. The molecule has 0 fully saturated rings. The molecule has 0 aromatic carbocycles. The Labute approximate surface area is 125 Å². The van der Waals surface area contributed by atoms with Gasteiger partial charge in [-0.3, -0.25) is 4.79 Å². The van der Waals surface area contributed by atoms with Gasteiger partial charge in [0.1, 0.15) is 5.78 Å². The summed E-state index contributed by atoms with van der Waals surface area (Å²) in [4.78, 5) is 11.2. The van der Waals surface area contributed by atoms with Crippen LogP contribution >= 0.6 is 11.6 Å². The third-order valence-electron chi connectivity index (χ3n) is 3.92. The first-order valence-electron chi connectivity index (χ1n) is 8.28. The van der Waals surface area contributed by atoms with Crippen LogP contribution in [0.15, 0.2) is 0 Å². The molecule has 0 aromatic rings. The Morgan fingerprint density at radius 3 is 1.63 bits per heavy atom. The fraction of sp³-hybridized carbons (Fsp3) is 0.941. The van der Waals surface area contributed by atoms with E-state index in [0.29, 0.717) is 5.88 Å².